The second-order valence-corrected chi connectivity index (χ2v) is 8.06. The van der Waals surface area contributed by atoms with Crippen LogP contribution in [0.25, 0.3) is 0 Å². The molecule has 0 aromatic rings. The predicted molar refractivity (Wildman–Crippen MR) is 77.7 cm³/mol. The Kier molecular flexibility index (Phi) is 5.09. The highest BCUT2D eigenvalue weighted by atomic mass is 32.2. The van der Waals surface area contributed by atoms with Crippen LogP contribution in [0.2, 0.25) is 0 Å². The summed E-state index contributed by atoms with van der Waals surface area (Å²) in [5, 5.41) is 3.26. The SMILES string of the molecule is SC1CCC(SC2CCC(S)CC2)CC1. The Balaban J connectivity index is 1.68. The Bertz CT molecular complexity index is 159. The minimum Gasteiger partial charge on any atom is -0.176 e. The van der Waals surface area contributed by atoms with Crippen LogP contribution in [-0.2, 0) is 0 Å². The quantitative estimate of drug-likeness (QED) is 0.703. The summed E-state index contributed by atoms with van der Waals surface area (Å²) in [5.41, 5.74) is 0. The van der Waals surface area contributed by atoms with Crippen LogP contribution >= 0.6 is 37.0 Å². The molecule has 88 valence electrons. The third-order valence-corrected chi connectivity index (χ3v) is 6.42. The molecule has 0 aliphatic heterocycles. The van der Waals surface area contributed by atoms with Gasteiger partial charge in [-0.3, -0.25) is 0 Å². The van der Waals surface area contributed by atoms with Crippen molar-refractivity contribution in [3.63, 3.8) is 0 Å². The molecule has 0 aromatic carbocycles. The Morgan fingerprint density at radius 2 is 0.933 bits per heavy atom. The summed E-state index contributed by atoms with van der Waals surface area (Å²) in [6.07, 6.45) is 11.0. The van der Waals surface area contributed by atoms with Crippen molar-refractivity contribution in [1.82, 2.24) is 0 Å². The lowest BCUT2D eigenvalue weighted by Crippen LogP contribution is -2.22. The standard InChI is InChI=1S/C12H22S3/c13-9-1-5-11(6-2-9)15-12-7-3-10(14)4-8-12/h9-14H,1-8H2. The van der Waals surface area contributed by atoms with E-state index in [0.29, 0.717) is 10.5 Å². The molecule has 15 heavy (non-hydrogen) atoms. The van der Waals surface area contributed by atoms with Crippen molar-refractivity contribution >= 4 is 37.0 Å². The van der Waals surface area contributed by atoms with Crippen LogP contribution in [0, 0.1) is 0 Å². The Morgan fingerprint density at radius 1 is 0.600 bits per heavy atom. The third kappa shape index (κ3) is 4.08. The fourth-order valence-corrected chi connectivity index (χ4v) is 4.86. The van der Waals surface area contributed by atoms with Gasteiger partial charge in [0.2, 0.25) is 0 Å². The minimum atomic E-state index is 0.690. The van der Waals surface area contributed by atoms with Gasteiger partial charge in [-0.15, -0.1) is 0 Å². The van der Waals surface area contributed by atoms with Gasteiger partial charge in [0.15, 0.2) is 0 Å². The maximum Gasteiger partial charge on any atom is 0.00506 e. The first kappa shape index (κ1) is 12.5. The summed E-state index contributed by atoms with van der Waals surface area (Å²) in [5.74, 6) is 0. The topological polar surface area (TPSA) is 0 Å². The van der Waals surface area contributed by atoms with Crippen LogP contribution in [-0.4, -0.2) is 21.0 Å². The molecule has 0 nitrogen and oxygen atoms in total. The van der Waals surface area contributed by atoms with Crippen LogP contribution < -0.4 is 0 Å². The summed E-state index contributed by atoms with van der Waals surface area (Å²) in [4.78, 5) is 0. The maximum absolute atomic E-state index is 4.56. The fraction of sp³-hybridized carbons (Fsp3) is 1.00. The van der Waals surface area contributed by atoms with E-state index in [0.717, 1.165) is 10.5 Å². The highest BCUT2D eigenvalue weighted by Crippen LogP contribution is 2.38. The van der Waals surface area contributed by atoms with Gasteiger partial charge in [0.05, 0.1) is 0 Å². The molecule has 0 heterocycles. The average molecular weight is 263 g/mol. The molecule has 0 aromatic heterocycles. The molecule has 0 N–H and O–H groups in total. The van der Waals surface area contributed by atoms with Gasteiger partial charge >= 0.3 is 0 Å². The van der Waals surface area contributed by atoms with Crippen molar-refractivity contribution in [1.29, 1.82) is 0 Å². The first-order chi connectivity index (χ1) is 7.24. The number of thioether (sulfide) groups is 1. The molecule has 3 heteroatoms. The molecular weight excluding hydrogens is 240 g/mol. The predicted octanol–water partition coefficient (Wildman–Crippen LogP) is 4.20. The lowest BCUT2D eigenvalue weighted by atomic mass is 9.99. The largest absolute Gasteiger partial charge is 0.176 e. The summed E-state index contributed by atoms with van der Waals surface area (Å²) < 4.78 is 0. The van der Waals surface area contributed by atoms with Gasteiger partial charge in [-0.1, -0.05) is 0 Å². The number of rotatable bonds is 2. The molecule has 0 unspecified atom stereocenters. The van der Waals surface area contributed by atoms with Gasteiger partial charge in [0.1, 0.15) is 0 Å². The van der Waals surface area contributed by atoms with Crippen LogP contribution in [0.3, 0.4) is 0 Å². The lowest BCUT2D eigenvalue weighted by Gasteiger charge is -2.31. The lowest BCUT2D eigenvalue weighted by molar-refractivity contribution is 0.508. The zero-order valence-electron chi connectivity index (χ0n) is 9.27. The number of hydrogen-bond donors (Lipinski definition) is 2. The third-order valence-electron chi connectivity index (χ3n) is 3.67. The smallest absolute Gasteiger partial charge is 0.00506 e. The van der Waals surface area contributed by atoms with Crippen molar-refractivity contribution in [2.75, 3.05) is 0 Å². The second kappa shape index (κ2) is 6.11. The van der Waals surface area contributed by atoms with Crippen LogP contribution in [0.5, 0.6) is 0 Å². The van der Waals surface area contributed by atoms with Crippen LogP contribution in [0.15, 0.2) is 0 Å². The summed E-state index contributed by atoms with van der Waals surface area (Å²) in [6.45, 7) is 0. The molecule has 2 rings (SSSR count). The summed E-state index contributed by atoms with van der Waals surface area (Å²) in [7, 11) is 0. The molecule has 0 saturated heterocycles. The van der Waals surface area contributed by atoms with E-state index >= 15 is 0 Å². The number of hydrogen-bond acceptors (Lipinski definition) is 3. The second-order valence-electron chi connectivity index (χ2n) is 5.00. The van der Waals surface area contributed by atoms with Gasteiger partial charge < -0.3 is 0 Å². The Morgan fingerprint density at radius 3 is 1.27 bits per heavy atom. The van der Waals surface area contributed by atoms with E-state index in [4.69, 9.17) is 0 Å². The van der Waals surface area contributed by atoms with E-state index in [9.17, 15) is 0 Å². The molecule has 2 aliphatic carbocycles. The van der Waals surface area contributed by atoms with Crippen molar-refractivity contribution in [3.8, 4) is 0 Å². The first-order valence-corrected chi connectivity index (χ1v) is 8.23. The van der Waals surface area contributed by atoms with E-state index in [2.05, 4.69) is 37.0 Å². The first-order valence-electron chi connectivity index (χ1n) is 6.25. The maximum atomic E-state index is 4.56. The van der Waals surface area contributed by atoms with E-state index < -0.39 is 0 Å². The van der Waals surface area contributed by atoms with Crippen molar-refractivity contribution < 1.29 is 0 Å². The normalized spacial score (nSPS) is 42.8. The highest BCUT2D eigenvalue weighted by molar-refractivity contribution is 8.00. The zero-order valence-corrected chi connectivity index (χ0v) is 11.9. The zero-order chi connectivity index (χ0) is 10.7. The van der Waals surface area contributed by atoms with Crippen LogP contribution in [0.4, 0.5) is 0 Å². The van der Waals surface area contributed by atoms with Gasteiger partial charge in [0.25, 0.3) is 0 Å². The minimum absolute atomic E-state index is 0.690. The van der Waals surface area contributed by atoms with E-state index in [-0.39, 0.29) is 0 Å². The Hall–Kier alpha value is 1.05. The van der Waals surface area contributed by atoms with E-state index in [1.807, 2.05) is 0 Å². The average Bonchev–Trinajstić information content (AvgIpc) is 2.25. The van der Waals surface area contributed by atoms with Gasteiger partial charge in [-0.05, 0) is 51.4 Å². The highest BCUT2D eigenvalue weighted by Gasteiger charge is 2.25. The summed E-state index contributed by atoms with van der Waals surface area (Å²) >= 11 is 11.4. The fourth-order valence-electron chi connectivity index (χ4n) is 2.63. The van der Waals surface area contributed by atoms with Crippen molar-refractivity contribution in [3.05, 3.63) is 0 Å². The van der Waals surface area contributed by atoms with Crippen molar-refractivity contribution in [2.24, 2.45) is 0 Å². The molecule has 0 amide bonds. The summed E-state index contributed by atoms with van der Waals surface area (Å²) in [6, 6.07) is 0. The molecule has 2 saturated carbocycles. The molecule has 0 bridgehead atoms. The molecule has 0 atom stereocenters. The van der Waals surface area contributed by atoms with Gasteiger partial charge in [-0.2, -0.15) is 37.0 Å². The molecule has 2 aliphatic rings. The van der Waals surface area contributed by atoms with Crippen molar-refractivity contribution in [2.45, 2.75) is 72.4 Å². The molecule has 2 fully saturated rings. The molecule has 0 spiro atoms. The monoisotopic (exact) mass is 262 g/mol. The number of thiol groups is 2. The van der Waals surface area contributed by atoms with Gasteiger partial charge in [-0.25, -0.2) is 0 Å². The Labute approximate surface area is 109 Å². The van der Waals surface area contributed by atoms with E-state index in [1.165, 1.54) is 51.4 Å². The van der Waals surface area contributed by atoms with Gasteiger partial charge in [0, 0.05) is 21.0 Å². The molecular formula is C12H22S3. The molecule has 0 radical (unpaired) electrons. The van der Waals surface area contributed by atoms with E-state index in [1.54, 1.807) is 0 Å². The van der Waals surface area contributed by atoms with Crippen LogP contribution in [0.1, 0.15) is 51.4 Å².